The van der Waals surface area contributed by atoms with Crippen molar-refractivity contribution in [1.29, 1.82) is 0 Å². The summed E-state index contributed by atoms with van der Waals surface area (Å²) in [5.74, 6) is 1.06. The largest absolute Gasteiger partial charge is 0.354 e. The van der Waals surface area contributed by atoms with E-state index in [-0.39, 0.29) is 0 Å². The monoisotopic (exact) mass is 234 g/mol. The van der Waals surface area contributed by atoms with Gasteiger partial charge < -0.3 is 10.2 Å². The van der Waals surface area contributed by atoms with Gasteiger partial charge >= 0.3 is 0 Å². The fraction of sp³-hybridized carbons (Fsp3) is 0.692. The van der Waals surface area contributed by atoms with E-state index < -0.39 is 0 Å². The maximum Gasteiger partial charge on any atom is 0.150 e. The quantitative estimate of drug-likeness (QED) is 0.864. The molecule has 1 aromatic heterocycles. The zero-order valence-electron chi connectivity index (χ0n) is 11.0. The first-order valence-electron chi connectivity index (χ1n) is 6.49. The van der Waals surface area contributed by atoms with Gasteiger partial charge in [-0.25, -0.2) is 4.98 Å². The van der Waals surface area contributed by atoms with E-state index in [1.54, 1.807) is 0 Å². The van der Waals surface area contributed by atoms with Gasteiger partial charge in [0.1, 0.15) is 5.82 Å². The molecule has 1 unspecified atom stereocenters. The summed E-state index contributed by atoms with van der Waals surface area (Å²) in [7, 11) is 0. The van der Waals surface area contributed by atoms with Crippen LogP contribution < -0.4 is 10.2 Å². The molecule has 0 amide bonds. The van der Waals surface area contributed by atoms with Crippen molar-refractivity contribution < 1.29 is 0 Å². The van der Waals surface area contributed by atoms with E-state index in [0.717, 1.165) is 36.8 Å². The van der Waals surface area contributed by atoms with Crippen molar-refractivity contribution in [2.45, 2.75) is 39.7 Å². The van der Waals surface area contributed by atoms with Crippen LogP contribution in [0.2, 0.25) is 0 Å². The van der Waals surface area contributed by atoms with Gasteiger partial charge in [0.15, 0.2) is 0 Å². The van der Waals surface area contributed by atoms with Crippen molar-refractivity contribution in [2.75, 3.05) is 24.5 Å². The Bertz CT molecular complexity index is 376. The highest BCUT2D eigenvalue weighted by atomic mass is 15.2. The number of anilines is 1. The molecule has 1 N–H and O–H groups in total. The summed E-state index contributed by atoms with van der Waals surface area (Å²) in [6.45, 7) is 9.39. The van der Waals surface area contributed by atoms with Crippen molar-refractivity contribution in [2.24, 2.45) is 0 Å². The fourth-order valence-corrected chi connectivity index (χ4v) is 2.45. The van der Waals surface area contributed by atoms with Crippen molar-refractivity contribution in [3.63, 3.8) is 0 Å². The molecule has 1 aliphatic rings. The molecule has 4 nitrogen and oxygen atoms in total. The molecule has 1 fully saturated rings. The van der Waals surface area contributed by atoms with Crippen LogP contribution in [0.15, 0.2) is 6.20 Å². The van der Waals surface area contributed by atoms with Crippen LogP contribution in [0.5, 0.6) is 0 Å². The molecule has 17 heavy (non-hydrogen) atoms. The number of rotatable bonds is 3. The summed E-state index contributed by atoms with van der Waals surface area (Å²) in [6.07, 6.45) is 4.33. The minimum atomic E-state index is 0.593. The zero-order valence-corrected chi connectivity index (χ0v) is 11.0. The topological polar surface area (TPSA) is 41.0 Å². The highest BCUT2D eigenvalue weighted by Gasteiger charge is 2.21. The molecule has 2 heterocycles. The van der Waals surface area contributed by atoms with Crippen LogP contribution in [0.1, 0.15) is 31.2 Å². The van der Waals surface area contributed by atoms with E-state index >= 15 is 0 Å². The first kappa shape index (κ1) is 12.3. The summed E-state index contributed by atoms with van der Waals surface area (Å²) in [4.78, 5) is 11.4. The lowest BCUT2D eigenvalue weighted by Gasteiger charge is -2.34. The van der Waals surface area contributed by atoms with Gasteiger partial charge in [-0.2, -0.15) is 0 Å². The van der Waals surface area contributed by atoms with Gasteiger partial charge in [-0.3, -0.25) is 4.98 Å². The minimum absolute atomic E-state index is 0.593. The Morgan fingerprint density at radius 3 is 3.06 bits per heavy atom. The van der Waals surface area contributed by atoms with Crippen LogP contribution in [0.4, 0.5) is 5.82 Å². The van der Waals surface area contributed by atoms with Crippen LogP contribution >= 0.6 is 0 Å². The summed E-state index contributed by atoms with van der Waals surface area (Å²) in [5.41, 5.74) is 2.03. The van der Waals surface area contributed by atoms with E-state index in [0.29, 0.717) is 6.04 Å². The third kappa shape index (κ3) is 2.94. The number of hydrogen-bond acceptors (Lipinski definition) is 4. The first-order chi connectivity index (χ1) is 8.20. The molecule has 2 rings (SSSR count). The smallest absolute Gasteiger partial charge is 0.150 e. The molecule has 0 aliphatic carbocycles. The predicted molar refractivity (Wildman–Crippen MR) is 70.4 cm³/mol. The molecular formula is C13H22N4. The third-order valence-electron chi connectivity index (χ3n) is 3.26. The first-order valence-corrected chi connectivity index (χ1v) is 6.49. The zero-order chi connectivity index (χ0) is 12.3. The highest BCUT2D eigenvalue weighted by Crippen LogP contribution is 2.20. The summed E-state index contributed by atoms with van der Waals surface area (Å²) < 4.78 is 0. The summed E-state index contributed by atoms with van der Waals surface area (Å²) in [5, 5.41) is 3.53. The SMILES string of the molecule is CCNC1CCCN(c2nc(C)cnc2C)C1. The second-order valence-corrected chi connectivity index (χ2v) is 4.76. The molecular weight excluding hydrogens is 212 g/mol. The number of hydrogen-bond donors (Lipinski definition) is 1. The van der Waals surface area contributed by atoms with Gasteiger partial charge in [-0.15, -0.1) is 0 Å². The third-order valence-corrected chi connectivity index (χ3v) is 3.26. The van der Waals surface area contributed by atoms with E-state index in [4.69, 9.17) is 0 Å². The molecule has 0 aromatic carbocycles. The molecule has 1 atom stereocenters. The molecule has 0 radical (unpaired) electrons. The Morgan fingerprint density at radius 2 is 2.29 bits per heavy atom. The van der Waals surface area contributed by atoms with Crippen molar-refractivity contribution in [3.05, 3.63) is 17.6 Å². The van der Waals surface area contributed by atoms with E-state index in [1.807, 2.05) is 20.0 Å². The predicted octanol–water partition coefficient (Wildman–Crippen LogP) is 1.67. The van der Waals surface area contributed by atoms with Gasteiger partial charge in [0.05, 0.1) is 11.4 Å². The Kier molecular flexibility index (Phi) is 3.94. The molecule has 0 saturated carbocycles. The number of nitrogens with one attached hydrogen (secondary N) is 1. The van der Waals surface area contributed by atoms with Crippen LogP contribution in [-0.4, -0.2) is 35.6 Å². The van der Waals surface area contributed by atoms with Crippen LogP contribution in [0.25, 0.3) is 0 Å². The molecule has 0 bridgehead atoms. The minimum Gasteiger partial charge on any atom is -0.354 e. The van der Waals surface area contributed by atoms with Gasteiger partial charge in [0, 0.05) is 25.3 Å². The molecule has 1 aliphatic heterocycles. The lowest BCUT2D eigenvalue weighted by Crippen LogP contribution is -2.46. The average molecular weight is 234 g/mol. The van der Waals surface area contributed by atoms with Crippen LogP contribution in [0, 0.1) is 13.8 Å². The maximum atomic E-state index is 4.63. The van der Waals surface area contributed by atoms with E-state index in [9.17, 15) is 0 Å². The average Bonchev–Trinajstić information content (AvgIpc) is 2.33. The number of aromatic nitrogens is 2. The van der Waals surface area contributed by atoms with Gasteiger partial charge in [-0.1, -0.05) is 6.92 Å². The van der Waals surface area contributed by atoms with Crippen molar-refractivity contribution >= 4 is 5.82 Å². The lowest BCUT2D eigenvalue weighted by atomic mass is 10.1. The Hall–Kier alpha value is -1.16. The second-order valence-electron chi connectivity index (χ2n) is 4.76. The molecule has 1 saturated heterocycles. The van der Waals surface area contributed by atoms with Gasteiger partial charge in [0.25, 0.3) is 0 Å². The number of nitrogens with zero attached hydrogens (tertiary/aromatic N) is 3. The van der Waals surface area contributed by atoms with E-state index in [1.165, 1.54) is 12.8 Å². The number of piperidine rings is 1. The highest BCUT2D eigenvalue weighted by molar-refractivity contribution is 5.43. The fourth-order valence-electron chi connectivity index (χ4n) is 2.45. The van der Waals surface area contributed by atoms with Crippen molar-refractivity contribution in [3.8, 4) is 0 Å². The maximum absolute atomic E-state index is 4.63. The number of aryl methyl sites for hydroxylation is 2. The standard InChI is InChI=1S/C13H22N4/c1-4-14-12-6-5-7-17(9-12)13-11(3)15-8-10(2)16-13/h8,12,14H,4-7,9H2,1-3H3. The summed E-state index contributed by atoms with van der Waals surface area (Å²) >= 11 is 0. The van der Waals surface area contributed by atoms with Crippen LogP contribution in [0.3, 0.4) is 0 Å². The molecule has 94 valence electrons. The lowest BCUT2D eigenvalue weighted by molar-refractivity contribution is 0.429. The summed E-state index contributed by atoms with van der Waals surface area (Å²) in [6, 6.07) is 0.593. The Morgan fingerprint density at radius 1 is 1.47 bits per heavy atom. The van der Waals surface area contributed by atoms with Gasteiger partial charge in [0.2, 0.25) is 0 Å². The van der Waals surface area contributed by atoms with Crippen LogP contribution in [-0.2, 0) is 0 Å². The molecule has 1 aromatic rings. The molecule has 4 heteroatoms. The number of likely N-dealkylation sites (N-methyl/N-ethyl adjacent to an activating group) is 1. The van der Waals surface area contributed by atoms with Crippen molar-refractivity contribution in [1.82, 2.24) is 15.3 Å². The Labute approximate surface area is 103 Å². The second kappa shape index (κ2) is 5.45. The Balaban J connectivity index is 2.13. The van der Waals surface area contributed by atoms with Gasteiger partial charge in [-0.05, 0) is 33.2 Å². The normalized spacial score (nSPS) is 20.6. The molecule has 0 spiro atoms. The van der Waals surface area contributed by atoms with E-state index in [2.05, 4.69) is 27.1 Å².